The number of aliphatic imine (C=N–C) groups is 1. The smallest absolute Gasteiger partial charge is 0.214 e. The first-order valence-electron chi connectivity index (χ1n) is 9.25. The van der Waals surface area contributed by atoms with Crippen molar-refractivity contribution in [3.05, 3.63) is 17.3 Å². The molecule has 1 unspecified atom stereocenters. The predicted molar refractivity (Wildman–Crippen MR) is 114 cm³/mol. The van der Waals surface area contributed by atoms with Crippen molar-refractivity contribution in [3.63, 3.8) is 0 Å². The van der Waals surface area contributed by atoms with Crippen LogP contribution in [0.3, 0.4) is 0 Å². The fourth-order valence-corrected chi connectivity index (χ4v) is 3.16. The lowest BCUT2D eigenvalue weighted by molar-refractivity contribution is 0.147. The molecule has 1 aliphatic rings. The number of hydrogen-bond acceptors (Lipinski definition) is 4. The second-order valence-electron chi connectivity index (χ2n) is 6.59. The monoisotopic (exact) mass is 463 g/mol. The number of hydrogen-bond donors (Lipinski definition) is 2. The van der Waals surface area contributed by atoms with Gasteiger partial charge in [-0.1, -0.05) is 19.8 Å². The Morgan fingerprint density at radius 3 is 2.76 bits per heavy atom. The molecule has 6 nitrogen and oxygen atoms in total. The maximum Gasteiger partial charge on any atom is 0.214 e. The summed E-state index contributed by atoms with van der Waals surface area (Å²) in [6, 6.07) is 0.607. The molecule has 0 amide bonds. The number of aryl methyl sites for hydroxylation is 2. The molecule has 0 spiro atoms. The maximum absolute atomic E-state index is 5.60. The van der Waals surface area contributed by atoms with Crippen molar-refractivity contribution in [2.24, 2.45) is 4.99 Å². The number of piperidine rings is 1. The second kappa shape index (κ2) is 11.7. The van der Waals surface area contributed by atoms with E-state index in [-0.39, 0.29) is 24.0 Å². The number of nitrogens with zero attached hydrogens (tertiary/aromatic N) is 3. The Balaban J connectivity index is 0.00000312. The fraction of sp³-hybridized carbons (Fsp3) is 0.778. The van der Waals surface area contributed by atoms with E-state index >= 15 is 0 Å². The van der Waals surface area contributed by atoms with Gasteiger partial charge in [-0.2, -0.15) is 0 Å². The van der Waals surface area contributed by atoms with Gasteiger partial charge in [0.1, 0.15) is 5.76 Å². The number of guanidine groups is 1. The van der Waals surface area contributed by atoms with Gasteiger partial charge in [0, 0.05) is 19.6 Å². The molecule has 7 heteroatoms. The van der Waals surface area contributed by atoms with Crippen LogP contribution >= 0.6 is 24.0 Å². The van der Waals surface area contributed by atoms with Crippen LogP contribution in [0.1, 0.15) is 56.4 Å². The lowest BCUT2D eigenvalue weighted by Gasteiger charge is -2.36. The number of likely N-dealkylation sites (tertiary alicyclic amines) is 1. The predicted octanol–water partition coefficient (Wildman–Crippen LogP) is 3.23. The van der Waals surface area contributed by atoms with E-state index in [1.165, 1.54) is 45.2 Å². The van der Waals surface area contributed by atoms with Crippen molar-refractivity contribution < 1.29 is 4.42 Å². The third-order valence-corrected chi connectivity index (χ3v) is 4.76. The summed E-state index contributed by atoms with van der Waals surface area (Å²) < 4.78 is 5.60. The van der Waals surface area contributed by atoms with Gasteiger partial charge in [-0.15, -0.1) is 24.0 Å². The lowest BCUT2D eigenvalue weighted by atomic mass is 10.0. The zero-order chi connectivity index (χ0) is 17.4. The molecule has 0 radical (unpaired) electrons. The normalized spacial score (nSPS) is 18.7. The van der Waals surface area contributed by atoms with Crippen LogP contribution in [0.4, 0.5) is 0 Å². The number of oxazole rings is 1. The standard InChI is InChI=1S/C18H33N5O.HI/c1-5-6-10-23-11-8-7-9-16(23)12-20-18(19-4)21-13-17-22-14(2)15(3)24-17;/h16H,5-13H2,1-4H3,(H2,19,20,21);1H. The summed E-state index contributed by atoms with van der Waals surface area (Å²) >= 11 is 0. The van der Waals surface area contributed by atoms with Gasteiger partial charge in [-0.05, 0) is 46.2 Å². The highest BCUT2D eigenvalue weighted by Crippen LogP contribution is 2.17. The van der Waals surface area contributed by atoms with Gasteiger partial charge >= 0.3 is 0 Å². The minimum absolute atomic E-state index is 0. The summed E-state index contributed by atoms with van der Waals surface area (Å²) in [5.74, 6) is 2.39. The molecule has 0 bridgehead atoms. The number of rotatable bonds is 7. The molecular weight excluding hydrogens is 429 g/mol. The van der Waals surface area contributed by atoms with Crippen LogP contribution in [0, 0.1) is 13.8 Å². The molecule has 0 saturated carbocycles. The Labute approximate surface area is 169 Å². The number of aromatic nitrogens is 1. The molecule has 2 rings (SSSR count). The Kier molecular flexibility index (Phi) is 10.4. The first-order valence-corrected chi connectivity index (χ1v) is 9.25. The number of nitrogens with one attached hydrogen (secondary N) is 2. The fourth-order valence-electron chi connectivity index (χ4n) is 3.16. The zero-order valence-electron chi connectivity index (χ0n) is 16.1. The third-order valence-electron chi connectivity index (χ3n) is 4.76. The van der Waals surface area contributed by atoms with Gasteiger partial charge in [0.25, 0.3) is 0 Å². The summed E-state index contributed by atoms with van der Waals surface area (Å²) in [5, 5.41) is 6.75. The molecule has 25 heavy (non-hydrogen) atoms. The molecule has 1 aromatic rings. The number of unbranched alkanes of at least 4 members (excludes halogenated alkanes) is 1. The van der Waals surface area contributed by atoms with E-state index < -0.39 is 0 Å². The van der Waals surface area contributed by atoms with Crippen molar-refractivity contribution in [2.45, 2.75) is 65.5 Å². The van der Waals surface area contributed by atoms with Gasteiger partial charge in [0.05, 0.1) is 12.2 Å². The Morgan fingerprint density at radius 2 is 2.12 bits per heavy atom. The van der Waals surface area contributed by atoms with Gasteiger partial charge < -0.3 is 15.1 Å². The first-order chi connectivity index (χ1) is 11.6. The maximum atomic E-state index is 5.60. The summed E-state index contributed by atoms with van der Waals surface area (Å²) in [6.45, 7) is 10.1. The largest absolute Gasteiger partial charge is 0.444 e. The Bertz CT molecular complexity index is 512. The van der Waals surface area contributed by atoms with Crippen LogP contribution < -0.4 is 10.6 Å². The lowest BCUT2D eigenvalue weighted by Crippen LogP contribution is -2.49. The topological polar surface area (TPSA) is 65.7 Å². The van der Waals surface area contributed by atoms with Crippen LogP contribution in [0.25, 0.3) is 0 Å². The zero-order valence-corrected chi connectivity index (χ0v) is 18.4. The molecule has 1 aliphatic heterocycles. The third kappa shape index (κ3) is 7.13. The van der Waals surface area contributed by atoms with Crippen LogP contribution in [-0.4, -0.2) is 48.6 Å². The number of halogens is 1. The molecule has 2 heterocycles. The van der Waals surface area contributed by atoms with Crippen LogP contribution in [0.5, 0.6) is 0 Å². The molecule has 2 N–H and O–H groups in total. The van der Waals surface area contributed by atoms with E-state index in [1.807, 2.05) is 13.8 Å². The van der Waals surface area contributed by atoms with Crippen LogP contribution in [0.2, 0.25) is 0 Å². The molecule has 1 saturated heterocycles. The molecular formula is C18H34IN5O. The first kappa shape index (κ1) is 22.2. The second-order valence-corrected chi connectivity index (χ2v) is 6.59. The SMILES string of the molecule is CCCCN1CCCCC1CNC(=NC)NCc1nc(C)c(C)o1.I. The van der Waals surface area contributed by atoms with Crippen molar-refractivity contribution in [1.29, 1.82) is 0 Å². The summed E-state index contributed by atoms with van der Waals surface area (Å²) in [5.41, 5.74) is 0.948. The highest BCUT2D eigenvalue weighted by Gasteiger charge is 2.21. The quantitative estimate of drug-likeness (QED) is 0.369. The van der Waals surface area contributed by atoms with E-state index in [9.17, 15) is 0 Å². The minimum Gasteiger partial charge on any atom is -0.444 e. The minimum atomic E-state index is 0. The van der Waals surface area contributed by atoms with E-state index in [0.717, 1.165) is 24.0 Å². The van der Waals surface area contributed by atoms with E-state index in [0.29, 0.717) is 18.5 Å². The molecule has 0 aliphatic carbocycles. The van der Waals surface area contributed by atoms with Crippen LogP contribution in [0.15, 0.2) is 9.41 Å². The Morgan fingerprint density at radius 1 is 1.32 bits per heavy atom. The van der Waals surface area contributed by atoms with Crippen molar-refractivity contribution in [1.82, 2.24) is 20.5 Å². The van der Waals surface area contributed by atoms with E-state index in [4.69, 9.17) is 4.42 Å². The van der Waals surface area contributed by atoms with Gasteiger partial charge in [0.2, 0.25) is 5.89 Å². The van der Waals surface area contributed by atoms with E-state index in [1.54, 1.807) is 7.05 Å². The van der Waals surface area contributed by atoms with Crippen molar-refractivity contribution in [2.75, 3.05) is 26.7 Å². The highest BCUT2D eigenvalue weighted by atomic mass is 127. The molecule has 144 valence electrons. The summed E-state index contributed by atoms with van der Waals surface area (Å²) in [4.78, 5) is 11.3. The van der Waals surface area contributed by atoms with E-state index in [2.05, 4.69) is 32.4 Å². The molecule has 1 aromatic heterocycles. The average Bonchev–Trinajstić information content (AvgIpc) is 2.92. The molecule has 1 fully saturated rings. The van der Waals surface area contributed by atoms with Crippen molar-refractivity contribution in [3.8, 4) is 0 Å². The highest BCUT2D eigenvalue weighted by molar-refractivity contribution is 14.0. The molecule has 0 aromatic carbocycles. The van der Waals surface area contributed by atoms with Gasteiger partial charge in [0.15, 0.2) is 5.96 Å². The van der Waals surface area contributed by atoms with Crippen molar-refractivity contribution >= 4 is 29.9 Å². The summed E-state index contributed by atoms with van der Waals surface area (Å²) in [6.07, 6.45) is 6.47. The van der Waals surface area contributed by atoms with Gasteiger partial charge in [-0.25, -0.2) is 4.98 Å². The van der Waals surface area contributed by atoms with Crippen LogP contribution in [-0.2, 0) is 6.54 Å². The molecule has 1 atom stereocenters. The summed E-state index contributed by atoms with van der Waals surface area (Å²) in [7, 11) is 1.80. The Hall–Kier alpha value is -0.830. The van der Waals surface area contributed by atoms with Gasteiger partial charge in [-0.3, -0.25) is 9.89 Å². The average molecular weight is 463 g/mol.